The fourth-order valence-electron chi connectivity index (χ4n) is 0.734. The molecule has 0 fully saturated rings. The second kappa shape index (κ2) is 4.02. The van der Waals surface area contributed by atoms with Crippen molar-refractivity contribution in [2.24, 2.45) is 0 Å². The number of carboxylic acid groups (broad SMARTS) is 1. The molecule has 66 valence electrons. The van der Waals surface area contributed by atoms with Gasteiger partial charge in [-0.25, -0.2) is 4.79 Å². The van der Waals surface area contributed by atoms with Crippen LogP contribution in [0.3, 0.4) is 0 Å². The zero-order valence-electron chi connectivity index (χ0n) is 6.03. The van der Waals surface area contributed by atoms with Crippen molar-refractivity contribution in [2.45, 2.75) is 12.5 Å². The average Bonchev–Trinajstić information content (AvgIpc) is 2.36. The molecule has 0 bridgehead atoms. The molecule has 0 saturated heterocycles. The van der Waals surface area contributed by atoms with E-state index in [0.29, 0.717) is 0 Å². The monoisotopic (exact) mass is 250 g/mol. The molecule has 1 rings (SSSR count). The van der Waals surface area contributed by atoms with E-state index in [1.165, 1.54) is 11.3 Å². The van der Waals surface area contributed by atoms with Crippen LogP contribution in [0.25, 0.3) is 0 Å². The Bertz CT molecular complexity index is 284. The molecule has 3 nitrogen and oxygen atoms in total. The summed E-state index contributed by atoms with van der Waals surface area (Å²) in [6.45, 7) is 0. The Labute approximate surface area is 81.8 Å². The second-order valence-corrected chi connectivity index (χ2v) is 4.10. The summed E-state index contributed by atoms with van der Waals surface area (Å²) < 4.78 is 0.854. The molecule has 5 heteroatoms. The molecule has 1 heterocycles. The number of aliphatic carboxylic acids is 1. The summed E-state index contributed by atoms with van der Waals surface area (Å²) >= 11 is 4.68. The van der Waals surface area contributed by atoms with Crippen molar-refractivity contribution < 1.29 is 15.0 Å². The van der Waals surface area contributed by atoms with Gasteiger partial charge in [0.2, 0.25) is 0 Å². The van der Waals surface area contributed by atoms with Crippen LogP contribution >= 0.6 is 27.3 Å². The number of carboxylic acids is 1. The minimum absolute atomic E-state index is 0.160. The molecule has 12 heavy (non-hydrogen) atoms. The van der Waals surface area contributed by atoms with Gasteiger partial charge in [-0.3, -0.25) is 0 Å². The maximum absolute atomic E-state index is 10.3. The van der Waals surface area contributed by atoms with Gasteiger partial charge in [0.05, 0.1) is 0 Å². The fourth-order valence-corrected chi connectivity index (χ4v) is 2.29. The van der Waals surface area contributed by atoms with Crippen LogP contribution in [0.5, 0.6) is 0 Å². The fraction of sp³-hybridized carbons (Fsp3) is 0.286. The van der Waals surface area contributed by atoms with Crippen molar-refractivity contribution in [1.29, 1.82) is 0 Å². The zero-order valence-corrected chi connectivity index (χ0v) is 8.43. The number of thiophene rings is 1. The third-order valence-electron chi connectivity index (χ3n) is 1.35. The summed E-state index contributed by atoms with van der Waals surface area (Å²) in [5, 5.41) is 19.3. The molecule has 0 aliphatic carbocycles. The number of aliphatic hydroxyl groups is 1. The van der Waals surface area contributed by atoms with Gasteiger partial charge in [-0.1, -0.05) is 0 Å². The molecule has 0 radical (unpaired) electrons. The van der Waals surface area contributed by atoms with E-state index in [1.807, 2.05) is 11.4 Å². The molecule has 0 spiro atoms. The van der Waals surface area contributed by atoms with Gasteiger partial charge >= 0.3 is 5.97 Å². The highest BCUT2D eigenvalue weighted by Gasteiger charge is 2.15. The minimum atomic E-state index is -1.31. The van der Waals surface area contributed by atoms with Gasteiger partial charge < -0.3 is 10.2 Å². The summed E-state index contributed by atoms with van der Waals surface area (Å²) in [7, 11) is 0. The Morgan fingerprint density at radius 2 is 2.42 bits per heavy atom. The third kappa shape index (κ3) is 2.30. The highest BCUT2D eigenvalue weighted by atomic mass is 79.9. The van der Waals surface area contributed by atoms with E-state index in [-0.39, 0.29) is 6.42 Å². The van der Waals surface area contributed by atoms with Crippen molar-refractivity contribution in [1.82, 2.24) is 0 Å². The van der Waals surface area contributed by atoms with Crippen LogP contribution in [0.15, 0.2) is 15.9 Å². The molecular formula is C7H7BrO3S. The van der Waals surface area contributed by atoms with Gasteiger partial charge in [0.25, 0.3) is 0 Å². The molecule has 1 aromatic rings. The lowest BCUT2D eigenvalue weighted by molar-refractivity contribution is -0.146. The number of carbonyl (C=O) groups is 1. The summed E-state index contributed by atoms with van der Waals surface area (Å²) in [4.78, 5) is 11.1. The van der Waals surface area contributed by atoms with E-state index in [4.69, 9.17) is 10.2 Å². The number of aliphatic hydroxyl groups excluding tert-OH is 1. The van der Waals surface area contributed by atoms with Crippen molar-refractivity contribution in [3.8, 4) is 0 Å². The molecule has 0 aliphatic heterocycles. The van der Waals surface area contributed by atoms with E-state index >= 15 is 0 Å². The predicted octanol–water partition coefficient (Wildman–Crippen LogP) is 1.50. The molecule has 0 amide bonds. The normalized spacial score (nSPS) is 12.8. The van der Waals surface area contributed by atoms with E-state index in [9.17, 15) is 4.79 Å². The first kappa shape index (κ1) is 9.70. The van der Waals surface area contributed by atoms with Gasteiger partial charge in [0, 0.05) is 15.8 Å². The topological polar surface area (TPSA) is 57.5 Å². The Morgan fingerprint density at radius 3 is 2.83 bits per heavy atom. The molecular weight excluding hydrogens is 244 g/mol. The van der Waals surface area contributed by atoms with Crippen LogP contribution in [0.2, 0.25) is 0 Å². The molecule has 1 unspecified atom stereocenters. The maximum atomic E-state index is 10.3. The minimum Gasteiger partial charge on any atom is -0.479 e. The Hall–Kier alpha value is -0.390. The number of rotatable bonds is 3. The molecule has 2 N–H and O–H groups in total. The van der Waals surface area contributed by atoms with Crippen LogP contribution in [-0.4, -0.2) is 22.3 Å². The lowest BCUT2D eigenvalue weighted by Gasteiger charge is -2.02. The number of halogens is 1. The summed E-state index contributed by atoms with van der Waals surface area (Å²) in [6, 6.07) is 1.83. The molecule has 0 aliphatic rings. The van der Waals surface area contributed by atoms with E-state index in [2.05, 4.69) is 15.9 Å². The Balaban J connectivity index is 2.64. The van der Waals surface area contributed by atoms with Crippen LogP contribution in [0, 0.1) is 0 Å². The van der Waals surface area contributed by atoms with Crippen LogP contribution in [0.1, 0.15) is 4.88 Å². The van der Waals surface area contributed by atoms with Gasteiger partial charge in [-0.2, -0.15) is 0 Å². The zero-order chi connectivity index (χ0) is 9.14. The van der Waals surface area contributed by atoms with Crippen LogP contribution < -0.4 is 0 Å². The third-order valence-corrected chi connectivity index (χ3v) is 3.30. The summed E-state index contributed by atoms with van der Waals surface area (Å²) in [5.74, 6) is -1.18. The lowest BCUT2D eigenvalue weighted by atomic mass is 10.2. The first-order chi connectivity index (χ1) is 5.61. The highest BCUT2D eigenvalue weighted by molar-refractivity contribution is 9.10. The molecule has 0 saturated carbocycles. The average molecular weight is 251 g/mol. The predicted molar refractivity (Wildman–Crippen MR) is 49.4 cm³/mol. The largest absolute Gasteiger partial charge is 0.479 e. The van der Waals surface area contributed by atoms with Crippen molar-refractivity contribution >= 4 is 33.2 Å². The highest BCUT2D eigenvalue weighted by Crippen LogP contribution is 2.23. The summed E-state index contributed by atoms with van der Waals surface area (Å²) in [5.41, 5.74) is 0. The first-order valence-electron chi connectivity index (χ1n) is 3.24. The van der Waals surface area contributed by atoms with Crippen molar-refractivity contribution in [3.63, 3.8) is 0 Å². The van der Waals surface area contributed by atoms with Crippen molar-refractivity contribution in [3.05, 3.63) is 20.8 Å². The standard InChI is InChI=1S/C7H7BrO3S/c8-4-1-2-12-6(4)3-5(9)7(10)11/h1-2,5,9H,3H2,(H,10,11). The SMILES string of the molecule is O=C(O)C(O)Cc1sccc1Br. The van der Waals surface area contributed by atoms with Gasteiger partial charge in [0.1, 0.15) is 0 Å². The van der Waals surface area contributed by atoms with Gasteiger partial charge in [-0.15, -0.1) is 11.3 Å². The maximum Gasteiger partial charge on any atom is 0.332 e. The van der Waals surface area contributed by atoms with E-state index < -0.39 is 12.1 Å². The lowest BCUT2D eigenvalue weighted by Crippen LogP contribution is -2.21. The molecule has 1 atom stereocenters. The first-order valence-corrected chi connectivity index (χ1v) is 4.91. The van der Waals surface area contributed by atoms with Crippen LogP contribution in [0.4, 0.5) is 0 Å². The van der Waals surface area contributed by atoms with Gasteiger partial charge in [0.15, 0.2) is 6.10 Å². The number of hydrogen-bond acceptors (Lipinski definition) is 3. The summed E-state index contributed by atoms with van der Waals surface area (Å²) in [6.07, 6.45) is -1.15. The van der Waals surface area contributed by atoms with E-state index in [0.717, 1.165) is 9.35 Å². The number of hydrogen-bond donors (Lipinski definition) is 2. The quantitative estimate of drug-likeness (QED) is 0.855. The van der Waals surface area contributed by atoms with Crippen molar-refractivity contribution in [2.75, 3.05) is 0 Å². The molecule has 1 aromatic heterocycles. The van der Waals surface area contributed by atoms with E-state index in [1.54, 1.807) is 0 Å². The Morgan fingerprint density at radius 1 is 1.75 bits per heavy atom. The Kier molecular flexibility index (Phi) is 3.25. The molecule has 0 aromatic carbocycles. The smallest absolute Gasteiger partial charge is 0.332 e. The van der Waals surface area contributed by atoms with Gasteiger partial charge in [-0.05, 0) is 27.4 Å². The van der Waals surface area contributed by atoms with Crippen LogP contribution in [-0.2, 0) is 11.2 Å². The second-order valence-electron chi connectivity index (χ2n) is 2.25.